The van der Waals surface area contributed by atoms with E-state index in [0.717, 1.165) is 12.1 Å². The van der Waals surface area contributed by atoms with Gasteiger partial charge in [-0.15, -0.1) is 0 Å². The number of likely N-dealkylation sites (N-methyl/N-ethyl adjacent to an activating group) is 1. The first kappa shape index (κ1) is 21.4. The van der Waals surface area contributed by atoms with E-state index >= 15 is 0 Å². The highest BCUT2D eigenvalue weighted by Crippen LogP contribution is 2.34. The zero-order valence-corrected chi connectivity index (χ0v) is 15.2. The molecule has 150 valence electrons. The Labute approximate surface area is 160 Å². The molecule has 0 aliphatic rings. The Kier molecular flexibility index (Phi) is 7.14. The average molecular weight is 396 g/mol. The number of alkyl halides is 3. The van der Waals surface area contributed by atoms with Crippen molar-refractivity contribution in [3.63, 3.8) is 0 Å². The Bertz CT molecular complexity index is 837. The lowest BCUT2D eigenvalue weighted by Crippen LogP contribution is -2.38. The van der Waals surface area contributed by atoms with Gasteiger partial charge in [-0.1, -0.05) is 30.3 Å². The summed E-state index contributed by atoms with van der Waals surface area (Å²) < 4.78 is 52.6. The number of hydrogen-bond donors (Lipinski definition) is 1. The first-order chi connectivity index (χ1) is 13.2. The molecule has 0 fully saturated rings. The second kappa shape index (κ2) is 9.34. The predicted octanol–water partition coefficient (Wildman–Crippen LogP) is 4.26. The van der Waals surface area contributed by atoms with Crippen LogP contribution in [-0.2, 0) is 22.2 Å². The molecule has 0 saturated carbocycles. The molecule has 2 rings (SSSR count). The van der Waals surface area contributed by atoms with Gasteiger partial charge in [-0.25, -0.2) is 4.39 Å². The van der Waals surface area contributed by atoms with Crippen molar-refractivity contribution in [3.05, 3.63) is 65.5 Å². The van der Waals surface area contributed by atoms with Crippen LogP contribution >= 0.6 is 0 Å². The van der Waals surface area contributed by atoms with Crippen LogP contribution in [0.3, 0.4) is 0 Å². The van der Waals surface area contributed by atoms with Gasteiger partial charge in [0.25, 0.3) is 0 Å². The molecule has 0 spiro atoms. The van der Waals surface area contributed by atoms with Crippen LogP contribution in [0.15, 0.2) is 48.5 Å². The van der Waals surface area contributed by atoms with E-state index in [4.69, 9.17) is 0 Å². The van der Waals surface area contributed by atoms with Crippen molar-refractivity contribution < 1.29 is 27.2 Å². The molecule has 2 aromatic rings. The van der Waals surface area contributed by atoms with Crippen LogP contribution in [-0.4, -0.2) is 29.8 Å². The predicted molar refractivity (Wildman–Crippen MR) is 97.0 cm³/mol. The molecule has 1 N–H and O–H groups in total. The second-order valence-electron chi connectivity index (χ2n) is 6.09. The van der Waals surface area contributed by atoms with Crippen LogP contribution in [0, 0.1) is 5.82 Å². The molecular formula is C20H20F4N2O2. The van der Waals surface area contributed by atoms with E-state index in [2.05, 4.69) is 5.32 Å². The molecule has 0 bridgehead atoms. The summed E-state index contributed by atoms with van der Waals surface area (Å²) in [4.78, 5) is 25.7. The van der Waals surface area contributed by atoms with Gasteiger partial charge in [0.05, 0.1) is 17.8 Å². The maximum Gasteiger partial charge on any atom is 0.418 e. The third kappa shape index (κ3) is 5.80. The maximum atomic E-state index is 13.6. The monoisotopic (exact) mass is 396 g/mol. The fraction of sp³-hybridized carbons (Fsp3) is 0.300. The summed E-state index contributed by atoms with van der Waals surface area (Å²) in [6.45, 7) is 1.46. The number of anilines is 1. The van der Waals surface area contributed by atoms with Gasteiger partial charge in [-0.3, -0.25) is 9.59 Å². The summed E-state index contributed by atoms with van der Waals surface area (Å²) in [7, 11) is 0. The summed E-state index contributed by atoms with van der Waals surface area (Å²) in [5.74, 6) is -1.54. The van der Waals surface area contributed by atoms with E-state index in [1.165, 1.54) is 23.1 Å². The van der Waals surface area contributed by atoms with E-state index in [-0.39, 0.29) is 31.0 Å². The molecule has 0 aromatic heterocycles. The maximum absolute atomic E-state index is 13.6. The molecule has 0 unspecified atom stereocenters. The topological polar surface area (TPSA) is 49.4 Å². The van der Waals surface area contributed by atoms with Gasteiger partial charge in [-0.2, -0.15) is 13.2 Å². The molecule has 2 aromatic carbocycles. The molecule has 2 amide bonds. The minimum Gasteiger partial charge on any atom is -0.334 e. The lowest BCUT2D eigenvalue weighted by atomic mass is 10.1. The average Bonchev–Trinajstić information content (AvgIpc) is 2.64. The highest BCUT2D eigenvalue weighted by atomic mass is 19.4. The number of halogens is 4. The van der Waals surface area contributed by atoms with Crippen LogP contribution in [0.5, 0.6) is 0 Å². The molecule has 0 atom stereocenters. The number of rotatable bonds is 7. The number of para-hydroxylation sites is 1. The molecular weight excluding hydrogens is 376 g/mol. The van der Waals surface area contributed by atoms with E-state index in [1.807, 2.05) is 0 Å². The summed E-state index contributed by atoms with van der Waals surface area (Å²) in [6, 6.07) is 10.7. The van der Waals surface area contributed by atoms with E-state index in [9.17, 15) is 27.2 Å². The minimum atomic E-state index is -4.61. The summed E-state index contributed by atoms with van der Waals surface area (Å²) >= 11 is 0. The quantitative estimate of drug-likeness (QED) is 0.711. The summed E-state index contributed by atoms with van der Waals surface area (Å²) in [5, 5.41) is 2.21. The number of benzene rings is 2. The standard InChI is InChI=1S/C20H20F4N2O2/c1-2-26(19(28)12-11-14-7-3-5-9-16(14)21)13-18(27)25-17-10-6-4-8-15(17)20(22,23)24/h3-10H,2,11-13H2,1H3,(H,25,27). The van der Waals surface area contributed by atoms with Gasteiger partial charge in [0.1, 0.15) is 5.82 Å². The third-order valence-corrected chi connectivity index (χ3v) is 4.14. The first-order valence-corrected chi connectivity index (χ1v) is 8.69. The second-order valence-corrected chi connectivity index (χ2v) is 6.09. The molecule has 0 aliphatic carbocycles. The van der Waals surface area contributed by atoms with Crippen LogP contribution < -0.4 is 5.32 Å². The number of carbonyl (C=O) groups is 2. The number of carbonyl (C=O) groups excluding carboxylic acids is 2. The Balaban J connectivity index is 1.98. The Morgan fingerprint density at radius 2 is 1.68 bits per heavy atom. The number of nitrogens with zero attached hydrogens (tertiary/aromatic N) is 1. The Morgan fingerprint density at radius 1 is 1.04 bits per heavy atom. The molecule has 0 heterocycles. The molecule has 0 radical (unpaired) electrons. The fourth-order valence-corrected chi connectivity index (χ4v) is 2.68. The molecule has 8 heteroatoms. The van der Waals surface area contributed by atoms with E-state index in [0.29, 0.717) is 5.56 Å². The highest BCUT2D eigenvalue weighted by Gasteiger charge is 2.33. The normalized spacial score (nSPS) is 11.2. The zero-order chi connectivity index (χ0) is 20.7. The first-order valence-electron chi connectivity index (χ1n) is 8.69. The smallest absolute Gasteiger partial charge is 0.334 e. The van der Waals surface area contributed by atoms with Gasteiger partial charge < -0.3 is 10.2 Å². The molecule has 0 aliphatic heterocycles. The summed E-state index contributed by atoms with van der Waals surface area (Å²) in [6.07, 6.45) is -4.45. The molecule has 28 heavy (non-hydrogen) atoms. The fourth-order valence-electron chi connectivity index (χ4n) is 2.68. The lowest BCUT2D eigenvalue weighted by Gasteiger charge is -2.21. The summed E-state index contributed by atoms with van der Waals surface area (Å²) in [5.41, 5.74) is -0.942. The van der Waals surface area contributed by atoms with Gasteiger partial charge >= 0.3 is 6.18 Å². The van der Waals surface area contributed by atoms with Crippen molar-refractivity contribution in [1.82, 2.24) is 4.90 Å². The van der Waals surface area contributed by atoms with Crippen molar-refractivity contribution in [2.75, 3.05) is 18.4 Å². The number of nitrogens with one attached hydrogen (secondary N) is 1. The van der Waals surface area contributed by atoms with Gasteiger partial charge in [0.2, 0.25) is 11.8 Å². The van der Waals surface area contributed by atoms with Crippen molar-refractivity contribution >= 4 is 17.5 Å². The Morgan fingerprint density at radius 3 is 2.32 bits per heavy atom. The van der Waals surface area contributed by atoms with Crippen LogP contribution in [0.4, 0.5) is 23.2 Å². The van der Waals surface area contributed by atoms with Gasteiger partial charge in [-0.05, 0) is 37.1 Å². The van der Waals surface area contributed by atoms with Gasteiger partial charge in [0.15, 0.2) is 0 Å². The van der Waals surface area contributed by atoms with Crippen molar-refractivity contribution in [3.8, 4) is 0 Å². The SMILES string of the molecule is CCN(CC(=O)Nc1ccccc1C(F)(F)F)C(=O)CCc1ccccc1F. The van der Waals surface area contributed by atoms with E-state index < -0.39 is 30.0 Å². The molecule has 4 nitrogen and oxygen atoms in total. The highest BCUT2D eigenvalue weighted by molar-refractivity contribution is 5.95. The van der Waals surface area contributed by atoms with Crippen molar-refractivity contribution in [2.45, 2.75) is 25.9 Å². The zero-order valence-electron chi connectivity index (χ0n) is 15.2. The Hall–Kier alpha value is -2.90. The number of aryl methyl sites for hydroxylation is 1. The van der Waals surface area contributed by atoms with E-state index in [1.54, 1.807) is 25.1 Å². The minimum absolute atomic E-state index is 0.0127. The lowest BCUT2D eigenvalue weighted by molar-refractivity contribution is -0.137. The number of hydrogen-bond acceptors (Lipinski definition) is 2. The number of amides is 2. The molecule has 0 saturated heterocycles. The van der Waals surface area contributed by atoms with Crippen LogP contribution in [0.2, 0.25) is 0 Å². The third-order valence-electron chi connectivity index (χ3n) is 4.14. The van der Waals surface area contributed by atoms with Crippen LogP contribution in [0.1, 0.15) is 24.5 Å². The largest absolute Gasteiger partial charge is 0.418 e. The van der Waals surface area contributed by atoms with Gasteiger partial charge in [0, 0.05) is 13.0 Å². The van der Waals surface area contributed by atoms with Crippen LogP contribution in [0.25, 0.3) is 0 Å². The van der Waals surface area contributed by atoms with Crippen molar-refractivity contribution in [1.29, 1.82) is 0 Å². The van der Waals surface area contributed by atoms with Crippen molar-refractivity contribution in [2.24, 2.45) is 0 Å².